The molecule has 4 aromatic heterocycles. The van der Waals surface area contributed by atoms with Crippen LogP contribution >= 0.6 is 22.7 Å². The first-order valence-corrected chi connectivity index (χ1v) is 32.4. The van der Waals surface area contributed by atoms with E-state index in [9.17, 15) is 48.9 Å². The summed E-state index contributed by atoms with van der Waals surface area (Å²) in [5.41, 5.74) is -1.73. The highest BCUT2D eigenvalue weighted by molar-refractivity contribution is 8.05. The van der Waals surface area contributed by atoms with Crippen molar-refractivity contribution in [1.82, 2.24) is 23.1 Å². The Morgan fingerprint density at radius 2 is 1.10 bits per heavy atom. The van der Waals surface area contributed by atoms with Gasteiger partial charge in [0.05, 0.1) is 31.1 Å². The lowest BCUT2D eigenvalue weighted by Gasteiger charge is -2.31. The van der Waals surface area contributed by atoms with Crippen molar-refractivity contribution in [3.05, 3.63) is 226 Å². The van der Waals surface area contributed by atoms with Gasteiger partial charge in [0, 0.05) is 34.1 Å². The highest BCUT2D eigenvalue weighted by atomic mass is 32.3. The molecule has 90 heavy (non-hydrogen) atoms. The first-order chi connectivity index (χ1) is 42.6. The van der Waals surface area contributed by atoms with Gasteiger partial charge in [0.1, 0.15) is 39.0 Å². The number of benzene rings is 7. The largest absolute Gasteiger partial charge is 0.512 e. The summed E-state index contributed by atoms with van der Waals surface area (Å²) in [7, 11) is -23.3. The maximum Gasteiger partial charge on any atom is 0.512 e. The van der Waals surface area contributed by atoms with Gasteiger partial charge in [-0.25, -0.2) is 26.8 Å². The van der Waals surface area contributed by atoms with Crippen LogP contribution in [0.5, 0.6) is 5.75 Å². The number of nitriles is 2. The van der Waals surface area contributed by atoms with Crippen LogP contribution in [-0.4, -0.2) is 80.4 Å². The third-order valence-corrected chi connectivity index (χ3v) is 21.2. The summed E-state index contributed by atoms with van der Waals surface area (Å²) >= 11 is 2.41. The number of hydrogen-bond acceptors (Lipinski definition) is 13. The van der Waals surface area contributed by atoms with Crippen LogP contribution in [0, 0.1) is 29.6 Å². The SMILES string of the molecule is Cc1ccccc1-c1c2/c(=C(\C#N)c3nc4ccccc4s3)n(Bc3ccccc3)c(Cc3cccc(OS(=O)(=O)C(F)(F)C(F)(F)C(F)(F)S(=O)(=O)NS(=O)(=O)C(F)(F)F)c3)c2/c(=C(\C#N)c2nc3ccccc3s2)n1B(c1ccccc1)c1ccccc1. The molecule has 0 amide bonds. The average molecular weight is 1320 g/mol. The van der Waals surface area contributed by atoms with Crippen molar-refractivity contribution in [2.75, 3.05) is 0 Å². The molecule has 0 fully saturated rings. The fourth-order valence-electron chi connectivity index (χ4n) is 10.4. The molecule has 1 N–H and O–H groups in total. The summed E-state index contributed by atoms with van der Waals surface area (Å²) in [5, 5.41) is 10.5. The van der Waals surface area contributed by atoms with E-state index in [1.54, 1.807) is 71.2 Å². The Hall–Kier alpha value is -9.03. The summed E-state index contributed by atoms with van der Waals surface area (Å²) in [6, 6.07) is 57.8. The van der Waals surface area contributed by atoms with Crippen LogP contribution in [0.3, 0.4) is 0 Å². The zero-order valence-electron chi connectivity index (χ0n) is 45.9. The predicted molar refractivity (Wildman–Crippen MR) is 327 cm³/mol. The molecule has 11 aromatic rings. The number of rotatable bonds is 18. The van der Waals surface area contributed by atoms with Crippen LogP contribution in [0.1, 0.15) is 26.8 Å². The molecular weight excluding hydrogens is 1280 g/mol. The Balaban J connectivity index is 1.27. The van der Waals surface area contributed by atoms with Gasteiger partial charge in [-0.1, -0.05) is 172 Å². The first kappa shape index (κ1) is 62.6. The lowest BCUT2D eigenvalue weighted by molar-refractivity contribution is -0.245. The number of halogens is 9. The summed E-state index contributed by atoms with van der Waals surface area (Å²) < 4.78 is 215. The van der Waals surface area contributed by atoms with E-state index in [4.69, 9.17) is 9.97 Å². The van der Waals surface area contributed by atoms with Gasteiger partial charge in [0.2, 0.25) is 0 Å². The molecule has 4 heterocycles. The van der Waals surface area contributed by atoms with Crippen LogP contribution in [0.25, 0.3) is 53.6 Å². The summed E-state index contributed by atoms with van der Waals surface area (Å²) in [6.45, 7) is 1.03. The van der Waals surface area contributed by atoms with Gasteiger partial charge in [0.15, 0.2) is 0 Å². The van der Waals surface area contributed by atoms with Gasteiger partial charge in [-0.3, -0.25) is 0 Å². The van der Waals surface area contributed by atoms with Crippen LogP contribution in [0.15, 0.2) is 188 Å². The predicted octanol–water partition coefficient (Wildman–Crippen LogP) is 9.15. The molecule has 0 unspecified atom stereocenters. The van der Waals surface area contributed by atoms with E-state index in [1.165, 1.54) is 28.7 Å². The van der Waals surface area contributed by atoms with E-state index in [0.29, 0.717) is 59.5 Å². The number of nitrogens with one attached hydrogen (secondary N) is 1. The van der Waals surface area contributed by atoms with Crippen molar-refractivity contribution < 1.29 is 69.0 Å². The number of alkyl halides is 9. The second-order valence-corrected chi connectivity index (χ2v) is 27.5. The normalized spacial score (nSPS) is 13.5. The van der Waals surface area contributed by atoms with Crippen LogP contribution in [0.4, 0.5) is 39.5 Å². The van der Waals surface area contributed by atoms with Crippen molar-refractivity contribution in [2.45, 2.75) is 35.3 Å². The molecule has 0 spiro atoms. The third-order valence-electron chi connectivity index (χ3n) is 14.5. The molecule has 11 rings (SSSR count). The summed E-state index contributed by atoms with van der Waals surface area (Å²) in [5.74, 6) is -9.05. The van der Waals surface area contributed by atoms with Crippen molar-refractivity contribution >= 4 is 126 Å². The van der Waals surface area contributed by atoms with E-state index in [1.807, 2.05) is 108 Å². The lowest BCUT2D eigenvalue weighted by atomic mass is 9.50. The van der Waals surface area contributed by atoms with E-state index in [2.05, 4.69) is 16.3 Å². The molecule has 0 saturated heterocycles. The standard InChI is InChI=1S/C60H38B2F9N7O7S5/c1-36-18-11-12-27-42(36)53-51-50(54(44(35-73)56-75-46-29-14-16-31-49(46)87-56)78(53)62(39-22-7-3-8-23-39)40-24-9-4-10-25-40)47(77(61-38-20-5-2-6-21-38)52(51)43(34-72)55-74-45-28-13-15-30-48(45)86-55)33-37-19-17-26-41(32-37)85-90(83,84)59(67,68)57(63,64)58(65,66)88(79,80)76-89(81,82)60(69,70)71/h2-32,61,76H,33H2,1H3/b52-43-,54-44-. The smallest absolute Gasteiger partial charge is 0.386 e. The molecule has 454 valence electrons. The molecule has 0 bridgehead atoms. The first-order valence-electron chi connectivity index (χ1n) is 26.4. The zero-order chi connectivity index (χ0) is 64.3. The van der Waals surface area contributed by atoms with Gasteiger partial charge in [-0.05, 0) is 54.4 Å². The van der Waals surface area contributed by atoms with Crippen LogP contribution < -0.4 is 35.4 Å². The number of aryl methyl sites for hydroxylation is 1. The fraction of sp³-hybridized carbons (Fsp3) is 0.100. The number of sulfonamides is 2. The maximum atomic E-state index is 15.8. The number of fused-ring (bicyclic) bond motifs is 3. The van der Waals surface area contributed by atoms with Gasteiger partial charge in [0.25, 0.3) is 17.4 Å². The Morgan fingerprint density at radius 3 is 1.62 bits per heavy atom. The molecule has 0 radical (unpaired) electrons. The second kappa shape index (κ2) is 23.4. The summed E-state index contributed by atoms with van der Waals surface area (Å²) in [6.07, 6.45) is -0.481. The van der Waals surface area contributed by atoms with Crippen LogP contribution in [0.2, 0.25) is 0 Å². The molecule has 0 aliphatic carbocycles. The molecule has 14 nitrogen and oxygen atoms in total. The minimum atomic E-state index is -8.08. The molecule has 0 atom stereocenters. The van der Waals surface area contributed by atoms with Crippen molar-refractivity contribution in [1.29, 1.82) is 10.5 Å². The summed E-state index contributed by atoms with van der Waals surface area (Å²) in [4.78, 5) is 9.99. The van der Waals surface area contributed by atoms with Crippen molar-refractivity contribution in [3.63, 3.8) is 0 Å². The Morgan fingerprint density at radius 1 is 0.600 bits per heavy atom. The monoisotopic (exact) mass is 1320 g/mol. The van der Waals surface area contributed by atoms with Gasteiger partial charge in [-0.2, -0.15) is 58.5 Å². The molecular formula is C60H38B2F9N7O7S5. The fourth-order valence-corrected chi connectivity index (χ4v) is 15.7. The Kier molecular flexibility index (Phi) is 16.3. The highest BCUT2D eigenvalue weighted by Crippen LogP contribution is 2.51. The number of para-hydroxylation sites is 2. The third kappa shape index (κ3) is 10.9. The van der Waals surface area contributed by atoms with E-state index < -0.39 is 75.3 Å². The lowest BCUT2D eigenvalue weighted by Crippen LogP contribution is -2.64. The quantitative estimate of drug-likeness (QED) is 0.0487. The molecule has 7 aromatic carbocycles. The maximum absolute atomic E-state index is 15.8. The minimum absolute atomic E-state index is 0.0115. The number of hydrogen-bond donors (Lipinski definition) is 1. The Bertz CT molecular complexity index is 5130. The topological polar surface area (TPSA) is 207 Å². The number of thiazole rings is 2. The Labute approximate surface area is 515 Å². The molecule has 0 aliphatic heterocycles. The van der Waals surface area contributed by atoms with Crippen molar-refractivity contribution in [3.8, 4) is 29.1 Å². The van der Waals surface area contributed by atoms with Gasteiger partial charge < -0.3 is 13.1 Å². The van der Waals surface area contributed by atoms with Gasteiger partial charge in [-0.15, -0.1) is 22.7 Å². The second-order valence-electron chi connectivity index (χ2n) is 20.2. The van der Waals surface area contributed by atoms with Gasteiger partial charge >= 0.3 is 48.9 Å². The molecule has 0 saturated carbocycles. The van der Waals surface area contributed by atoms with E-state index in [0.717, 1.165) is 17.7 Å². The average Bonchev–Trinajstić information content (AvgIpc) is 1.49. The van der Waals surface area contributed by atoms with Crippen molar-refractivity contribution in [2.24, 2.45) is 0 Å². The minimum Gasteiger partial charge on any atom is -0.386 e. The number of nitrogens with zero attached hydrogens (tertiary/aromatic N) is 6. The molecule has 0 aliphatic rings. The van der Waals surface area contributed by atoms with Crippen LogP contribution in [-0.2, 0) is 36.6 Å². The highest BCUT2D eigenvalue weighted by Gasteiger charge is 2.83. The van der Waals surface area contributed by atoms with E-state index in [-0.39, 0.29) is 55.9 Å². The zero-order valence-corrected chi connectivity index (χ0v) is 50.0. The number of aromatic nitrogens is 4. The molecule has 30 heteroatoms. The van der Waals surface area contributed by atoms with E-state index >= 15 is 26.3 Å².